The molecular formula is C50H33N. The van der Waals surface area contributed by atoms with Crippen LogP contribution in [-0.2, 0) is 11.8 Å². The first kappa shape index (κ1) is 28.4. The Balaban J connectivity index is 1.05. The van der Waals surface area contributed by atoms with Gasteiger partial charge < -0.3 is 4.57 Å². The zero-order chi connectivity index (χ0) is 33.5. The van der Waals surface area contributed by atoms with Gasteiger partial charge in [-0.25, -0.2) is 0 Å². The molecule has 0 bridgehead atoms. The summed E-state index contributed by atoms with van der Waals surface area (Å²) in [7, 11) is 0. The van der Waals surface area contributed by atoms with Crippen LogP contribution in [-0.4, -0.2) is 4.57 Å². The molecule has 8 aromatic carbocycles. The molecule has 0 unspecified atom stereocenters. The smallest absolute Gasteiger partial charge is 0.0725 e. The van der Waals surface area contributed by atoms with Gasteiger partial charge in [0, 0.05) is 16.5 Å². The fourth-order valence-electron chi connectivity index (χ4n) is 9.45. The summed E-state index contributed by atoms with van der Waals surface area (Å²) in [6.07, 6.45) is 0.860. The van der Waals surface area contributed by atoms with Gasteiger partial charge in [-0.05, 0) is 97.4 Å². The van der Waals surface area contributed by atoms with Crippen LogP contribution >= 0.6 is 0 Å². The van der Waals surface area contributed by atoms with Crippen molar-refractivity contribution < 1.29 is 0 Å². The number of rotatable bonds is 4. The number of aromatic nitrogens is 1. The molecule has 0 N–H and O–H groups in total. The highest BCUT2D eigenvalue weighted by atomic mass is 15.0. The minimum atomic E-state index is -0.320. The molecular weight excluding hydrogens is 615 g/mol. The van der Waals surface area contributed by atoms with E-state index in [4.69, 9.17) is 0 Å². The number of nitrogens with zero attached hydrogens (tertiary/aromatic N) is 1. The molecule has 11 rings (SSSR count). The summed E-state index contributed by atoms with van der Waals surface area (Å²) in [4.78, 5) is 0. The lowest BCUT2D eigenvalue weighted by Gasteiger charge is -2.30. The van der Waals surface area contributed by atoms with Gasteiger partial charge in [0.15, 0.2) is 0 Å². The number of hydrogen-bond acceptors (Lipinski definition) is 0. The fourth-order valence-corrected chi connectivity index (χ4v) is 9.45. The summed E-state index contributed by atoms with van der Waals surface area (Å²) in [5.41, 5.74) is 19.4. The zero-order valence-electron chi connectivity index (χ0n) is 28.1. The van der Waals surface area contributed by atoms with Crippen LogP contribution in [0.2, 0.25) is 0 Å². The van der Waals surface area contributed by atoms with Crippen molar-refractivity contribution in [2.75, 3.05) is 0 Å². The maximum atomic E-state index is 2.51. The third kappa shape index (κ3) is 3.92. The van der Waals surface area contributed by atoms with Crippen molar-refractivity contribution >= 4 is 21.8 Å². The summed E-state index contributed by atoms with van der Waals surface area (Å²) in [5.74, 6) is 0. The molecule has 0 amide bonds. The van der Waals surface area contributed by atoms with Crippen molar-refractivity contribution in [1.29, 1.82) is 0 Å². The second-order valence-electron chi connectivity index (χ2n) is 14.0. The van der Waals surface area contributed by atoms with Gasteiger partial charge in [0.05, 0.1) is 16.4 Å². The van der Waals surface area contributed by atoms with Crippen molar-refractivity contribution in [3.05, 3.63) is 221 Å². The fraction of sp³-hybridized carbons (Fsp3) is 0.0400. The van der Waals surface area contributed by atoms with Gasteiger partial charge in [-0.2, -0.15) is 0 Å². The minimum absolute atomic E-state index is 0.320. The molecule has 51 heavy (non-hydrogen) atoms. The molecule has 1 spiro atoms. The average Bonchev–Trinajstić information content (AvgIpc) is 3.80. The quantitative estimate of drug-likeness (QED) is 0.179. The first-order valence-electron chi connectivity index (χ1n) is 17.9. The van der Waals surface area contributed by atoms with Crippen molar-refractivity contribution in [3.8, 4) is 39.1 Å². The van der Waals surface area contributed by atoms with Crippen molar-refractivity contribution in [3.63, 3.8) is 0 Å². The Bertz CT molecular complexity index is 2770. The highest BCUT2D eigenvalue weighted by Gasteiger charge is 2.51. The summed E-state index contributed by atoms with van der Waals surface area (Å²) in [6.45, 7) is 0. The molecule has 1 nitrogen and oxygen atoms in total. The molecule has 2 aliphatic rings. The molecule has 2 aliphatic carbocycles. The molecule has 1 heterocycles. The zero-order valence-corrected chi connectivity index (χ0v) is 28.1. The number of hydrogen-bond donors (Lipinski definition) is 0. The standard InChI is InChI=1S/C50H33N/c1-2-16-36(17-3-1)51-47-26-11-7-21-42(47)49-37(22-13-27-48(49)51)35-15-12-14-33(31-35)30-34-28-29-41-40-20-6-10-25-45(40)50(46(41)32-34)43-23-8-4-18-38(43)39-19-5-9-24-44(39)50/h1-29,31-32H,30H2. The van der Waals surface area contributed by atoms with E-state index < -0.39 is 0 Å². The summed E-state index contributed by atoms with van der Waals surface area (Å²) in [6, 6.07) is 69.8. The Morgan fingerprint density at radius 3 is 1.65 bits per heavy atom. The molecule has 0 radical (unpaired) electrons. The maximum absolute atomic E-state index is 2.51. The molecule has 238 valence electrons. The third-order valence-corrected chi connectivity index (χ3v) is 11.4. The lowest BCUT2D eigenvalue weighted by atomic mass is 9.70. The summed E-state index contributed by atoms with van der Waals surface area (Å²) in [5, 5.41) is 2.57. The average molecular weight is 648 g/mol. The van der Waals surface area contributed by atoms with Crippen LogP contribution in [0, 0.1) is 0 Å². The molecule has 0 fully saturated rings. The van der Waals surface area contributed by atoms with Gasteiger partial charge in [0.1, 0.15) is 0 Å². The number of fused-ring (bicyclic) bond motifs is 13. The Morgan fingerprint density at radius 2 is 0.922 bits per heavy atom. The van der Waals surface area contributed by atoms with Gasteiger partial charge in [-0.3, -0.25) is 0 Å². The summed E-state index contributed by atoms with van der Waals surface area (Å²) < 4.78 is 2.40. The Morgan fingerprint density at radius 1 is 0.373 bits per heavy atom. The van der Waals surface area contributed by atoms with E-state index in [0.29, 0.717) is 0 Å². The molecule has 0 saturated carbocycles. The van der Waals surface area contributed by atoms with Gasteiger partial charge in [0.2, 0.25) is 0 Å². The topological polar surface area (TPSA) is 4.93 Å². The van der Waals surface area contributed by atoms with E-state index in [1.807, 2.05) is 0 Å². The number of para-hydroxylation sites is 2. The lowest BCUT2D eigenvalue weighted by molar-refractivity contribution is 0.792. The predicted octanol–water partition coefficient (Wildman–Crippen LogP) is 12.4. The second-order valence-corrected chi connectivity index (χ2v) is 14.0. The van der Waals surface area contributed by atoms with E-state index in [9.17, 15) is 0 Å². The van der Waals surface area contributed by atoms with E-state index in [1.54, 1.807) is 0 Å². The first-order chi connectivity index (χ1) is 25.3. The normalized spacial score (nSPS) is 13.3. The van der Waals surface area contributed by atoms with Crippen LogP contribution in [0.25, 0.3) is 60.9 Å². The Kier molecular flexibility index (Phi) is 6.00. The molecule has 0 atom stereocenters. The van der Waals surface area contributed by atoms with Crippen molar-refractivity contribution in [1.82, 2.24) is 4.57 Å². The van der Waals surface area contributed by atoms with Gasteiger partial charge in [-0.1, -0.05) is 164 Å². The van der Waals surface area contributed by atoms with E-state index in [1.165, 1.54) is 94.3 Å². The SMILES string of the molecule is c1ccc(-n2c3ccccc3c3c(-c4cccc(Cc5ccc6c(c5)C5(c7ccccc7-c7ccccc75)c5ccccc5-6)c4)cccc32)cc1. The Labute approximate surface area is 297 Å². The van der Waals surface area contributed by atoms with E-state index >= 15 is 0 Å². The monoisotopic (exact) mass is 647 g/mol. The molecule has 9 aromatic rings. The van der Waals surface area contributed by atoms with Gasteiger partial charge in [-0.15, -0.1) is 0 Å². The van der Waals surface area contributed by atoms with E-state index in [0.717, 1.165) is 6.42 Å². The van der Waals surface area contributed by atoms with Crippen LogP contribution in [0.4, 0.5) is 0 Å². The van der Waals surface area contributed by atoms with E-state index in [2.05, 4.69) is 193 Å². The highest BCUT2D eigenvalue weighted by molar-refractivity contribution is 6.15. The largest absolute Gasteiger partial charge is 0.309 e. The van der Waals surface area contributed by atoms with Crippen molar-refractivity contribution in [2.45, 2.75) is 11.8 Å². The lowest BCUT2D eigenvalue weighted by Crippen LogP contribution is -2.26. The third-order valence-electron chi connectivity index (χ3n) is 11.4. The van der Waals surface area contributed by atoms with Gasteiger partial charge >= 0.3 is 0 Å². The van der Waals surface area contributed by atoms with E-state index in [-0.39, 0.29) is 5.41 Å². The number of benzene rings is 8. The first-order valence-corrected chi connectivity index (χ1v) is 17.9. The molecule has 0 aliphatic heterocycles. The van der Waals surface area contributed by atoms with Crippen molar-refractivity contribution in [2.24, 2.45) is 0 Å². The highest BCUT2D eigenvalue weighted by Crippen LogP contribution is 2.62. The molecule has 1 heteroatoms. The maximum Gasteiger partial charge on any atom is 0.0725 e. The predicted molar refractivity (Wildman–Crippen MR) is 212 cm³/mol. The summed E-state index contributed by atoms with van der Waals surface area (Å²) >= 11 is 0. The van der Waals surface area contributed by atoms with Crippen LogP contribution in [0.3, 0.4) is 0 Å². The van der Waals surface area contributed by atoms with Crippen LogP contribution in [0.15, 0.2) is 188 Å². The minimum Gasteiger partial charge on any atom is -0.309 e. The van der Waals surface area contributed by atoms with Crippen LogP contribution < -0.4 is 0 Å². The Hall–Kier alpha value is -6.44. The molecule has 0 saturated heterocycles. The van der Waals surface area contributed by atoms with Gasteiger partial charge in [0.25, 0.3) is 0 Å². The molecule has 1 aromatic heterocycles. The second kappa shape index (κ2) is 10.8. The van der Waals surface area contributed by atoms with Crippen LogP contribution in [0.5, 0.6) is 0 Å². The van der Waals surface area contributed by atoms with Crippen LogP contribution in [0.1, 0.15) is 33.4 Å².